The van der Waals surface area contributed by atoms with E-state index < -0.39 is 0 Å². The first kappa shape index (κ1) is 17.3. The Kier molecular flexibility index (Phi) is 5.78. The molecule has 6 nitrogen and oxygen atoms in total. The van der Waals surface area contributed by atoms with Crippen molar-refractivity contribution < 1.29 is 14.3 Å². The molecule has 24 heavy (non-hydrogen) atoms. The normalized spacial score (nSPS) is 9.96. The van der Waals surface area contributed by atoms with Crippen molar-refractivity contribution >= 4 is 23.3 Å². The molecule has 2 rings (SSSR count). The van der Waals surface area contributed by atoms with Gasteiger partial charge < -0.3 is 20.7 Å². The first-order valence-corrected chi connectivity index (χ1v) is 7.56. The van der Waals surface area contributed by atoms with Crippen LogP contribution in [0, 0.1) is 13.8 Å². The number of hydrogen-bond donors (Lipinski definition) is 3. The molecule has 0 spiro atoms. The van der Waals surface area contributed by atoms with Crippen LogP contribution in [0.4, 0.5) is 16.2 Å². The summed E-state index contributed by atoms with van der Waals surface area (Å²) in [6.07, 6.45) is 0. The van der Waals surface area contributed by atoms with Gasteiger partial charge in [0.2, 0.25) is 5.91 Å². The molecule has 3 N–H and O–H groups in total. The monoisotopic (exact) mass is 327 g/mol. The molecule has 3 amide bonds. The summed E-state index contributed by atoms with van der Waals surface area (Å²) in [4.78, 5) is 22.8. The zero-order valence-corrected chi connectivity index (χ0v) is 14.0. The van der Waals surface area contributed by atoms with E-state index in [1.54, 1.807) is 24.3 Å². The predicted octanol–water partition coefficient (Wildman–Crippen LogP) is 3.42. The molecular formula is C18H21N3O3. The van der Waals surface area contributed by atoms with Crippen LogP contribution in [0.15, 0.2) is 42.5 Å². The van der Waals surface area contributed by atoms with E-state index in [4.69, 9.17) is 4.74 Å². The summed E-state index contributed by atoms with van der Waals surface area (Å²) in [6.45, 7) is 5.54. The van der Waals surface area contributed by atoms with Crippen LogP contribution < -0.4 is 20.7 Å². The Morgan fingerprint density at radius 1 is 0.917 bits per heavy atom. The molecule has 6 heteroatoms. The predicted molar refractivity (Wildman–Crippen MR) is 94.3 cm³/mol. The van der Waals surface area contributed by atoms with Crippen LogP contribution in [0.2, 0.25) is 0 Å². The smallest absolute Gasteiger partial charge is 0.321 e. The molecule has 0 unspecified atom stereocenters. The minimum atomic E-state index is -0.369. The lowest BCUT2D eigenvalue weighted by atomic mass is 10.1. The first-order chi connectivity index (χ1) is 11.4. The van der Waals surface area contributed by atoms with Crippen molar-refractivity contribution in [3.63, 3.8) is 0 Å². The average molecular weight is 327 g/mol. The number of rotatable bonds is 5. The quantitative estimate of drug-likeness (QED) is 0.736. The molecule has 0 fully saturated rings. The Balaban J connectivity index is 1.78. The van der Waals surface area contributed by atoms with Crippen LogP contribution in [0.3, 0.4) is 0 Å². The molecule has 0 aliphatic heterocycles. The van der Waals surface area contributed by atoms with Crippen molar-refractivity contribution in [1.82, 2.24) is 5.32 Å². The average Bonchev–Trinajstić information content (AvgIpc) is 2.52. The molecule has 0 aromatic heterocycles. The summed E-state index contributed by atoms with van der Waals surface area (Å²) < 4.78 is 5.49. The highest BCUT2D eigenvalue weighted by atomic mass is 16.5. The molecule has 0 saturated carbocycles. The van der Waals surface area contributed by atoms with Gasteiger partial charge >= 0.3 is 6.03 Å². The van der Waals surface area contributed by atoms with Gasteiger partial charge in [-0.15, -0.1) is 0 Å². The minimum absolute atomic E-state index is 0.0678. The third kappa shape index (κ3) is 5.31. The fourth-order valence-corrected chi connectivity index (χ4v) is 2.00. The highest BCUT2D eigenvalue weighted by Crippen LogP contribution is 2.16. The number of nitrogens with one attached hydrogen (secondary N) is 3. The van der Waals surface area contributed by atoms with Crippen LogP contribution >= 0.6 is 0 Å². The van der Waals surface area contributed by atoms with Gasteiger partial charge in [0.1, 0.15) is 5.75 Å². The molecule has 0 aliphatic carbocycles. The highest BCUT2D eigenvalue weighted by Gasteiger charge is 2.03. The van der Waals surface area contributed by atoms with Gasteiger partial charge in [0.05, 0.1) is 0 Å². The fraction of sp³-hybridized carbons (Fsp3) is 0.222. The van der Waals surface area contributed by atoms with Crippen molar-refractivity contribution in [3.05, 3.63) is 53.6 Å². The second-order valence-electron chi connectivity index (χ2n) is 5.42. The van der Waals surface area contributed by atoms with Gasteiger partial charge in [0.25, 0.3) is 0 Å². The SMILES string of the molecule is CC(=O)Nc1ccc(NC(=O)NCOc2ccc(C)c(C)c2)cc1. The molecule has 0 heterocycles. The van der Waals surface area contributed by atoms with E-state index in [-0.39, 0.29) is 18.7 Å². The number of hydrogen-bond acceptors (Lipinski definition) is 3. The summed E-state index contributed by atoms with van der Waals surface area (Å²) in [6, 6.07) is 12.2. The third-order valence-electron chi connectivity index (χ3n) is 3.41. The molecule has 0 saturated heterocycles. The number of benzene rings is 2. The number of ether oxygens (including phenoxy) is 1. The van der Waals surface area contributed by atoms with Crippen molar-refractivity contribution in [3.8, 4) is 5.75 Å². The molecule has 0 bridgehead atoms. The Bertz CT molecular complexity index is 727. The van der Waals surface area contributed by atoms with Crippen LogP contribution in [-0.2, 0) is 4.79 Å². The number of carbonyl (C=O) groups excluding carboxylic acids is 2. The van der Waals surface area contributed by atoms with E-state index in [0.717, 1.165) is 5.56 Å². The van der Waals surface area contributed by atoms with E-state index in [2.05, 4.69) is 16.0 Å². The van der Waals surface area contributed by atoms with Gasteiger partial charge in [0.15, 0.2) is 6.73 Å². The van der Waals surface area contributed by atoms with Gasteiger partial charge in [-0.3, -0.25) is 4.79 Å². The van der Waals surface area contributed by atoms with Crippen molar-refractivity contribution in [2.24, 2.45) is 0 Å². The molecule has 0 aliphatic rings. The van der Waals surface area contributed by atoms with E-state index in [0.29, 0.717) is 17.1 Å². The second kappa shape index (κ2) is 8.01. The van der Waals surface area contributed by atoms with Crippen molar-refractivity contribution in [2.75, 3.05) is 17.4 Å². The summed E-state index contributed by atoms with van der Waals surface area (Å²) in [5.41, 5.74) is 3.62. The maximum atomic E-state index is 11.8. The number of carbonyl (C=O) groups is 2. The molecule has 126 valence electrons. The van der Waals surface area contributed by atoms with E-state index in [9.17, 15) is 9.59 Å². The van der Waals surface area contributed by atoms with Gasteiger partial charge in [-0.1, -0.05) is 6.07 Å². The number of aryl methyl sites for hydroxylation is 2. The summed E-state index contributed by atoms with van der Waals surface area (Å²) in [7, 11) is 0. The Morgan fingerprint density at radius 2 is 1.54 bits per heavy atom. The molecule has 0 radical (unpaired) electrons. The zero-order valence-electron chi connectivity index (χ0n) is 14.0. The fourth-order valence-electron chi connectivity index (χ4n) is 2.00. The van der Waals surface area contributed by atoms with Crippen LogP contribution in [0.5, 0.6) is 5.75 Å². The van der Waals surface area contributed by atoms with Crippen LogP contribution in [0.1, 0.15) is 18.1 Å². The molecule has 2 aromatic carbocycles. The third-order valence-corrected chi connectivity index (χ3v) is 3.41. The topological polar surface area (TPSA) is 79.5 Å². The lowest BCUT2D eigenvalue weighted by molar-refractivity contribution is -0.114. The Hall–Kier alpha value is -3.02. The summed E-state index contributed by atoms with van der Waals surface area (Å²) >= 11 is 0. The zero-order chi connectivity index (χ0) is 17.5. The van der Waals surface area contributed by atoms with Gasteiger partial charge in [-0.05, 0) is 61.4 Å². The summed E-state index contributed by atoms with van der Waals surface area (Å²) in [5, 5.41) is 7.96. The van der Waals surface area contributed by atoms with Crippen LogP contribution in [-0.4, -0.2) is 18.7 Å². The lowest BCUT2D eigenvalue weighted by Crippen LogP contribution is -2.32. The molecule has 0 atom stereocenters. The van der Waals surface area contributed by atoms with E-state index in [1.165, 1.54) is 12.5 Å². The van der Waals surface area contributed by atoms with Gasteiger partial charge in [-0.2, -0.15) is 0 Å². The number of amides is 3. The Morgan fingerprint density at radius 3 is 2.12 bits per heavy atom. The number of anilines is 2. The lowest BCUT2D eigenvalue weighted by Gasteiger charge is -2.11. The van der Waals surface area contributed by atoms with Gasteiger partial charge in [0, 0.05) is 18.3 Å². The number of urea groups is 1. The van der Waals surface area contributed by atoms with E-state index >= 15 is 0 Å². The van der Waals surface area contributed by atoms with Crippen molar-refractivity contribution in [1.29, 1.82) is 0 Å². The minimum Gasteiger partial charge on any atom is -0.473 e. The first-order valence-electron chi connectivity index (χ1n) is 7.56. The van der Waals surface area contributed by atoms with Gasteiger partial charge in [-0.25, -0.2) is 4.79 Å². The highest BCUT2D eigenvalue weighted by molar-refractivity contribution is 5.91. The Labute approximate surface area is 141 Å². The maximum Gasteiger partial charge on any atom is 0.321 e. The standard InChI is InChI=1S/C18H21N3O3/c1-12-4-9-17(10-13(12)2)24-11-19-18(23)21-16-7-5-15(6-8-16)20-14(3)22/h4-10H,11H2,1-3H3,(H,20,22)(H2,19,21,23). The van der Waals surface area contributed by atoms with E-state index in [1.807, 2.05) is 32.0 Å². The second-order valence-corrected chi connectivity index (χ2v) is 5.42. The largest absolute Gasteiger partial charge is 0.473 e. The maximum absolute atomic E-state index is 11.8. The van der Waals surface area contributed by atoms with Crippen LogP contribution in [0.25, 0.3) is 0 Å². The molecule has 2 aromatic rings. The molecular weight excluding hydrogens is 306 g/mol. The van der Waals surface area contributed by atoms with Crippen molar-refractivity contribution in [2.45, 2.75) is 20.8 Å². The summed E-state index contributed by atoms with van der Waals surface area (Å²) in [5.74, 6) is 0.565.